The highest BCUT2D eigenvalue weighted by Crippen LogP contribution is 2.24. The van der Waals surface area contributed by atoms with Gasteiger partial charge in [0.25, 0.3) is 5.91 Å². The van der Waals surface area contributed by atoms with Crippen molar-refractivity contribution in [3.8, 4) is 0 Å². The molecule has 1 amide bonds. The van der Waals surface area contributed by atoms with Gasteiger partial charge < -0.3 is 15.4 Å². The summed E-state index contributed by atoms with van der Waals surface area (Å²) in [6, 6.07) is 3.98. The van der Waals surface area contributed by atoms with Crippen molar-refractivity contribution in [2.24, 2.45) is 5.73 Å². The molecule has 1 aromatic rings. The van der Waals surface area contributed by atoms with Crippen molar-refractivity contribution in [3.63, 3.8) is 0 Å². The van der Waals surface area contributed by atoms with E-state index in [1.165, 1.54) is 0 Å². The van der Waals surface area contributed by atoms with Crippen LogP contribution in [0.4, 0.5) is 0 Å². The topological polar surface area (TPSA) is 55.6 Å². The molecular formula is C13H20N2O2S. The van der Waals surface area contributed by atoms with Crippen molar-refractivity contribution in [2.75, 3.05) is 20.2 Å². The molecule has 2 atom stereocenters. The Bertz CT molecular complexity index is 419. The maximum atomic E-state index is 12.4. The molecule has 100 valence electrons. The molecule has 4 nitrogen and oxygen atoms in total. The summed E-state index contributed by atoms with van der Waals surface area (Å²) >= 11 is 1.55. The summed E-state index contributed by atoms with van der Waals surface area (Å²) < 4.78 is 5.37. The number of likely N-dealkylation sites (tertiary alicyclic amines) is 1. The summed E-state index contributed by atoms with van der Waals surface area (Å²) in [5.41, 5.74) is 5.79. The van der Waals surface area contributed by atoms with Gasteiger partial charge in [-0.25, -0.2) is 0 Å². The van der Waals surface area contributed by atoms with Crippen molar-refractivity contribution >= 4 is 17.2 Å². The number of nitrogens with two attached hydrogens (primary N) is 1. The molecule has 0 bridgehead atoms. The fourth-order valence-electron chi connectivity index (χ4n) is 2.41. The van der Waals surface area contributed by atoms with Gasteiger partial charge in [0.2, 0.25) is 0 Å². The van der Waals surface area contributed by atoms with Crippen LogP contribution in [0.2, 0.25) is 0 Å². The second-order valence-electron chi connectivity index (χ2n) is 4.68. The molecule has 1 fully saturated rings. The molecule has 1 aromatic heterocycles. The van der Waals surface area contributed by atoms with Gasteiger partial charge in [0, 0.05) is 31.1 Å². The van der Waals surface area contributed by atoms with E-state index in [0.29, 0.717) is 6.54 Å². The molecule has 2 N–H and O–H groups in total. The fourth-order valence-corrected chi connectivity index (χ4v) is 3.23. The Morgan fingerprint density at radius 3 is 2.94 bits per heavy atom. The molecule has 0 saturated carbocycles. The lowest BCUT2D eigenvalue weighted by Gasteiger charge is -2.38. The third kappa shape index (κ3) is 2.74. The standard InChI is InChI=1S/C13H20N2O2S/c1-9-3-4-12(18-9)13(16)15-6-5-11(17-2)7-10(15)8-14/h3-4,10-11H,5-8,14H2,1-2H3/t10-,11-/m0/s1. The quantitative estimate of drug-likeness (QED) is 0.906. The number of piperidine rings is 1. The number of amides is 1. The van der Waals surface area contributed by atoms with Gasteiger partial charge in [-0.1, -0.05) is 0 Å². The third-order valence-corrected chi connectivity index (χ3v) is 4.47. The Kier molecular flexibility index (Phi) is 4.37. The molecule has 1 aliphatic rings. The Morgan fingerprint density at radius 2 is 2.39 bits per heavy atom. The lowest BCUT2D eigenvalue weighted by atomic mass is 9.99. The molecule has 5 heteroatoms. The lowest BCUT2D eigenvalue weighted by Crippen LogP contribution is -2.51. The van der Waals surface area contributed by atoms with Crippen LogP contribution in [0.3, 0.4) is 0 Å². The van der Waals surface area contributed by atoms with Gasteiger partial charge in [-0.05, 0) is 31.9 Å². The van der Waals surface area contributed by atoms with Crippen LogP contribution in [0.1, 0.15) is 27.4 Å². The highest BCUT2D eigenvalue weighted by Gasteiger charge is 2.31. The summed E-state index contributed by atoms with van der Waals surface area (Å²) in [5, 5.41) is 0. The average molecular weight is 268 g/mol. The maximum Gasteiger partial charge on any atom is 0.264 e. The number of nitrogens with zero attached hydrogens (tertiary/aromatic N) is 1. The molecule has 1 aliphatic heterocycles. The van der Waals surface area contributed by atoms with E-state index in [1.54, 1.807) is 18.4 Å². The molecule has 18 heavy (non-hydrogen) atoms. The SMILES string of the molecule is CO[C@H]1CCN(C(=O)c2ccc(C)s2)[C@H](CN)C1. The number of ether oxygens (including phenoxy) is 1. The number of hydrogen-bond acceptors (Lipinski definition) is 4. The minimum atomic E-state index is 0.0959. The van der Waals surface area contributed by atoms with Crippen LogP contribution >= 0.6 is 11.3 Å². The molecule has 0 spiro atoms. The van der Waals surface area contributed by atoms with Gasteiger partial charge in [-0.3, -0.25) is 4.79 Å². The van der Waals surface area contributed by atoms with Crippen LogP contribution < -0.4 is 5.73 Å². The molecule has 0 radical (unpaired) electrons. The summed E-state index contributed by atoms with van der Waals surface area (Å²) in [5.74, 6) is 0.109. The Morgan fingerprint density at radius 1 is 1.61 bits per heavy atom. The monoisotopic (exact) mass is 268 g/mol. The Balaban J connectivity index is 2.10. The van der Waals surface area contributed by atoms with E-state index in [9.17, 15) is 4.79 Å². The zero-order valence-corrected chi connectivity index (χ0v) is 11.7. The van der Waals surface area contributed by atoms with E-state index in [0.717, 1.165) is 29.1 Å². The van der Waals surface area contributed by atoms with Crippen LogP contribution in [0.15, 0.2) is 12.1 Å². The average Bonchev–Trinajstić information content (AvgIpc) is 2.83. The minimum absolute atomic E-state index is 0.0959. The first-order valence-corrected chi connectivity index (χ1v) is 7.07. The van der Waals surface area contributed by atoms with E-state index in [4.69, 9.17) is 10.5 Å². The molecular weight excluding hydrogens is 248 g/mol. The third-order valence-electron chi connectivity index (χ3n) is 3.49. The van der Waals surface area contributed by atoms with Crippen LogP contribution in [0.5, 0.6) is 0 Å². The van der Waals surface area contributed by atoms with Gasteiger partial charge in [0.15, 0.2) is 0 Å². The Hall–Kier alpha value is -0.910. The largest absolute Gasteiger partial charge is 0.381 e. The predicted molar refractivity (Wildman–Crippen MR) is 73.0 cm³/mol. The lowest BCUT2D eigenvalue weighted by molar-refractivity contribution is 0.0141. The molecule has 0 aliphatic carbocycles. The number of thiophene rings is 1. The van der Waals surface area contributed by atoms with Crippen molar-refractivity contribution < 1.29 is 9.53 Å². The van der Waals surface area contributed by atoms with E-state index in [1.807, 2.05) is 24.0 Å². The fraction of sp³-hybridized carbons (Fsp3) is 0.615. The predicted octanol–water partition coefficient (Wildman–Crippen LogP) is 1.63. The van der Waals surface area contributed by atoms with Gasteiger partial charge >= 0.3 is 0 Å². The highest BCUT2D eigenvalue weighted by molar-refractivity contribution is 7.13. The zero-order valence-electron chi connectivity index (χ0n) is 10.9. The number of hydrogen-bond donors (Lipinski definition) is 1. The smallest absolute Gasteiger partial charge is 0.264 e. The zero-order chi connectivity index (χ0) is 13.1. The molecule has 0 aromatic carbocycles. The number of aryl methyl sites for hydroxylation is 1. The summed E-state index contributed by atoms with van der Waals surface area (Å²) in [7, 11) is 1.72. The first kappa shape index (κ1) is 13.5. The second kappa shape index (κ2) is 5.82. The number of methoxy groups -OCH3 is 1. The van der Waals surface area contributed by atoms with Gasteiger partial charge in [-0.15, -0.1) is 11.3 Å². The first-order chi connectivity index (χ1) is 8.65. The van der Waals surface area contributed by atoms with Gasteiger partial charge in [-0.2, -0.15) is 0 Å². The molecule has 2 rings (SSSR count). The second-order valence-corrected chi connectivity index (χ2v) is 5.97. The highest BCUT2D eigenvalue weighted by atomic mass is 32.1. The van der Waals surface area contributed by atoms with Crippen molar-refractivity contribution in [1.29, 1.82) is 0 Å². The molecule has 2 heterocycles. The first-order valence-electron chi connectivity index (χ1n) is 6.26. The summed E-state index contributed by atoms with van der Waals surface area (Å²) in [6.07, 6.45) is 1.96. The van der Waals surface area contributed by atoms with Crippen LogP contribution in [0, 0.1) is 6.92 Å². The maximum absolute atomic E-state index is 12.4. The Labute approximate surface area is 112 Å². The number of carbonyl (C=O) groups excluding carboxylic acids is 1. The van der Waals surface area contributed by atoms with E-state index < -0.39 is 0 Å². The summed E-state index contributed by atoms with van der Waals surface area (Å²) in [4.78, 5) is 16.3. The van der Waals surface area contributed by atoms with Crippen molar-refractivity contribution in [2.45, 2.75) is 31.9 Å². The number of carbonyl (C=O) groups is 1. The van der Waals surface area contributed by atoms with Gasteiger partial charge in [0.05, 0.1) is 11.0 Å². The molecule has 1 saturated heterocycles. The van der Waals surface area contributed by atoms with Crippen LogP contribution in [0.25, 0.3) is 0 Å². The van der Waals surface area contributed by atoms with Gasteiger partial charge in [0.1, 0.15) is 0 Å². The van der Waals surface area contributed by atoms with Crippen LogP contribution in [-0.2, 0) is 4.74 Å². The van der Waals surface area contributed by atoms with E-state index in [2.05, 4.69) is 0 Å². The van der Waals surface area contributed by atoms with Crippen molar-refractivity contribution in [1.82, 2.24) is 4.90 Å². The van der Waals surface area contributed by atoms with E-state index >= 15 is 0 Å². The molecule has 0 unspecified atom stereocenters. The number of rotatable bonds is 3. The van der Waals surface area contributed by atoms with E-state index in [-0.39, 0.29) is 18.1 Å². The van der Waals surface area contributed by atoms with Crippen molar-refractivity contribution in [3.05, 3.63) is 21.9 Å². The van der Waals surface area contributed by atoms with Crippen LogP contribution in [-0.4, -0.2) is 43.2 Å². The minimum Gasteiger partial charge on any atom is -0.381 e. The summed E-state index contributed by atoms with van der Waals surface area (Å²) in [6.45, 7) is 3.24. The normalized spacial score (nSPS) is 24.3.